The molecule has 0 amide bonds. The first-order valence-electron chi connectivity index (χ1n) is 10.2. The van der Waals surface area contributed by atoms with E-state index in [1.807, 2.05) is 0 Å². The molecule has 0 unspecified atom stereocenters. The van der Waals surface area contributed by atoms with E-state index in [-0.39, 0.29) is 29.0 Å². The van der Waals surface area contributed by atoms with Gasteiger partial charge in [0, 0.05) is 34.8 Å². The molecule has 0 saturated heterocycles. The minimum absolute atomic E-state index is 0.0189. The molecule has 1 N–H and O–H groups in total. The second-order valence-corrected chi connectivity index (χ2v) is 10.0. The van der Waals surface area contributed by atoms with E-state index in [1.165, 1.54) is 31.5 Å². The summed E-state index contributed by atoms with van der Waals surface area (Å²) >= 11 is 0. The molecule has 1 aromatic carbocycles. The van der Waals surface area contributed by atoms with Crippen LogP contribution in [-0.4, -0.2) is 34.1 Å². The summed E-state index contributed by atoms with van der Waals surface area (Å²) in [5.74, 6) is -0.168. The van der Waals surface area contributed by atoms with Crippen molar-refractivity contribution in [2.75, 3.05) is 5.75 Å². The van der Waals surface area contributed by atoms with E-state index in [1.54, 1.807) is 25.1 Å². The monoisotopic (exact) mass is 491 g/mol. The Bertz CT molecular complexity index is 1430. The zero-order valence-corrected chi connectivity index (χ0v) is 19.0. The lowest BCUT2D eigenvalue weighted by atomic mass is 9.99. The molecule has 2 aromatic rings. The SMILES string of the molecule is CCS(=O)(=O)Cc1cnc(Oc2cccc(C(F)(F)F)c2)c(-c2cc(C)n(O)c3nccc2-3)c1. The molecule has 4 rings (SSSR count). The third-order valence-corrected chi connectivity index (χ3v) is 6.91. The van der Waals surface area contributed by atoms with Gasteiger partial charge in [-0.05, 0) is 48.9 Å². The van der Waals surface area contributed by atoms with Crippen LogP contribution < -0.4 is 4.74 Å². The van der Waals surface area contributed by atoms with Crippen LogP contribution in [0.3, 0.4) is 0 Å². The number of rotatable bonds is 6. The molecular formula is C23H20F3N3O4S. The van der Waals surface area contributed by atoms with Crippen LogP contribution in [0.1, 0.15) is 23.7 Å². The summed E-state index contributed by atoms with van der Waals surface area (Å²) in [6, 6.07) is 9.25. The summed E-state index contributed by atoms with van der Waals surface area (Å²) in [5.41, 5.74) is 1.34. The van der Waals surface area contributed by atoms with Crippen molar-refractivity contribution in [1.29, 1.82) is 0 Å². The smallest absolute Gasteiger partial charge is 0.416 e. The minimum atomic E-state index is -4.55. The van der Waals surface area contributed by atoms with E-state index in [0.29, 0.717) is 27.9 Å². The van der Waals surface area contributed by atoms with Gasteiger partial charge in [0.05, 0.1) is 17.0 Å². The first kappa shape index (κ1) is 23.6. The van der Waals surface area contributed by atoms with Gasteiger partial charge in [-0.1, -0.05) is 13.0 Å². The van der Waals surface area contributed by atoms with Crippen LogP contribution in [0, 0.1) is 6.92 Å². The van der Waals surface area contributed by atoms with Gasteiger partial charge in [0.25, 0.3) is 0 Å². The first-order chi connectivity index (χ1) is 16.0. The van der Waals surface area contributed by atoms with E-state index in [0.717, 1.165) is 16.9 Å². The maximum atomic E-state index is 13.2. The number of hydrogen-bond acceptors (Lipinski definition) is 6. The lowest BCUT2D eigenvalue weighted by Crippen LogP contribution is -2.08. The zero-order valence-electron chi connectivity index (χ0n) is 18.2. The molecule has 2 aliphatic heterocycles. The zero-order chi connectivity index (χ0) is 24.7. The Morgan fingerprint density at radius 1 is 1.06 bits per heavy atom. The highest BCUT2D eigenvalue weighted by Gasteiger charge is 2.31. The highest BCUT2D eigenvalue weighted by molar-refractivity contribution is 7.90. The highest BCUT2D eigenvalue weighted by atomic mass is 32.2. The quantitative estimate of drug-likeness (QED) is 0.366. The largest absolute Gasteiger partial charge is 0.438 e. The van der Waals surface area contributed by atoms with Crippen LogP contribution in [0.4, 0.5) is 13.2 Å². The number of pyridine rings is 2. The fourth-order valence-corrected chi connectivity index (χ4v) is 4.37. The lowest BCUT2D eigenvalue weighted by molar-refractivity contribution is -0.137. The molecule has 1 aromatic heterocycles. The highest BCUT2D eigenvalue weighted by Crippen LogP contribution is 2.40. The summed E-state index contributed by atoms with van der Waals surface area (Å²) in [6.45, 7) is 3.18. The van der Waals surface area contributed by atoms with Gasteiger partial charge in [0.1, 0.15) is 5.75 Å². The number of aromatic nitrogens is 3. The van der Waals surface area contributed by atoms with Crippen LogP contribution in [0.25, 0.3) is 22.5 Å². The number of alkyl halides is 3. The predicted octanol–water partition coefficient (Wildman–Crippen LogP) is 5.34. The van der Waals surface area contributed by atoms with Gasteiger partial charge in [0.2, 0.25) is 5.88 Å². The molecule has 0 fully saturated rings. The van der Waals surface area contributed by atoms with Crippen LogP contribution in [0.5, 0.6) is 11.6 Å². The fraction of sp³-hybridized carbons (Fsp3) is 0.217. The molecule has 0 spiro atoms. The molecule has 0 saturated carbocycles. The Morgan fingerprint density at radius 2 is 1.82 bits per heavy atom. The summed E-state index contributed by atoms with van der Waals surface area (Å²) in [6.07, 6.45) is -1.74. The summed E-state index contributed by atoms with van der Waals surface area (Å²) in [5, 5.41) is 10.3. The van der Waals surface area contributed by atoms with Crippen LogP contribution in [0.15, 0.2) is 54.9 Å². The van der Waals surface area contributed by atoms with Gasteiger partial charge >= 0.3 is 6.18 Å². The number of fused-ring (bicyclic) bond motifs is 1. The molecule has 7 nitrogen and oxygen atoms in total. The standard InChI is InChI=1S/C23H20F3N3O4S/c1-3-34(31,32)13-15-10-20(19-9-14(2)29(30)21-18(19)7-8-27-21)22(28-12-15)33-17-6-4-5-16(11-17)23(24,25)26/h4-12,30H,3,13H2,1-2H3. The number of benzene rings is 1. The number of aryl methyl sites for hydroxylation is 1. The number of halogens is 3. The van der Waals surface area contributed by atoms with E-state index in [9.17, 15) is 26.8 Å². The van der Waals surface area contributed by atoms with E-state index in [2.05, 4.69) is 9.97 Å². The van der Waals surface area contributed by atoms with Gasteiger partial charge in [-0.3, -0.25) is 0 Å². The van der Waals surface area contributed by atoms with Gasteiger partial charge in [-0.25, -0.2) is 18.4 Å². The second kappa shape index (κ2) is 8.64. The van der Waals surface area contributed by atoms with Crippen molar-refractivity contribution in [3.05, 3.63) is 71.7 Å². The maximum absolute atomic E-state index is 13.2. The fourth-order valence-electron chi connectivity index (χ4n) is 3.50. The van der Waals surface area contributed by atoms with Crippen LogP contribution >= 0.6 is 0 Å². The second-order valence-electron chi connectivity index (χ2n) is 7.69. The molecular weight excluding hydrogens is 471 g/mol. The van der Waals surface area contributed by atoms with Gasteiger partial charge in [0.15, 0.2) is 15.7 Å². The molecule has 3 heterocycles. The van der Waals surface area contributed by atoms with Crippen LogP contribution in [0.2, 0.25) is 0 Å². The maximum Gasteiger partial charge on any atom is 0.416 e. The minimum Gasteiger partial charge on any atom is -0.438 e. The summed E-state index contributed by atoms with van der Waals surface area (Å²) < 4.78 is 70.5. The molecule has 2 aliphatic rings. The van der Waals surface area contributed by atoms with E-state index >= 15 is 0 Å². The Labute approximate surface area is 193 Å². The average molecular weight is 491 g/mol. The summed E-state index contributed by atoms with van der Waals surface area (Å²) in [7, 11) is -3.37. The molecule has 0 atom stereocenters. The van der Waals surface area contributed by atoms with Crippen molar-refractivity contribution in [3.63, 3.8) is 0 Å². The van der Waals surface area contributed by atoms with Crippen molar-refractivity contribution < 1.29 is 31.5 Å². The molecule has 0 radical (unpaired) electrons. The Morgan fingerprint density at radius 3 is 2.53 bits per heavy atom. The molecule has 0 aliphatic carbocycles. The molecule has 178 valence electrons. The van der Waals surface area contributed by atoms with Crippen molar-refractivity contribution in [1.82, 2.24) is 14.7 Å². The van der Waals surface area contributed by atoms with Gasteiger partial charge < -0.3 is 9.94 Å². The molecule has 34 heavy (non-hydrogen) atoms. The normalized spacial score (nSPS) is 12.3. The van der Waals surface area contributed by atoms with Crippen molar-refractivity contribution in [3.8, 4) is 34.1 Å². The number of nitrogens with zero attached hydrogens (tertiary/aromatic N) is 3. The average Bonchev–Trinajstić information content (AvgIpc) is 3.27. The number of hydrogen-bond donors (Lipinski definition) is 1. The Hall–Kier alpha value is -3.60. The van der Waals surface area contributed by atoms with E-state index in [4.69, 9.17) is 4.74 Å². The molecule has 0 bridgehead atoms. The Balaban J connectivity index is 1.87. The van der Waals surface area contributed by atoms with Gasteiger partial charge in [-0.2, -0.15) is 17.9 Å². The van der Waals surface area contributed by atoms with Gasteiger partial charge in [-0.15, -0.1) is 0 Å². The van der Waals surface area contributed by atoms with Crippen molar-refractivity contribution in [2.24, 2.45) is 0 Å². The van der Waals surface area contributed by atoms with E-state index < -0.39 is 21.6 Å². The van der Waals surface area contributed by atoms with Crippen molar-refractivity contribution >= 4 is 9.84 Å². The molecule has 11 heteroatoms. The van der Waals surface area contributed by atoms with Crippen LogP contribution in [-0.2, 0) is 21.8 Å². The first-order valence-corrected chi connectivity index (χ1v) is 12.0. The Kier molecular flexibility index (Phi) is 5.98. The lowest BCUT2D eigenvalue weighted by Gasteiger charge is -2.17. The third-order valence-electron chi connectivity index (χ3n) is 5.26. The topological polar surface area (TPSA) is 94.3 Å². The number of ether oxygens (including phenoxy) is 1. The number of sulfone groups is 1. The summed E-state index contributed by atoms with van der Waals surface area (Å²) in [4.78, 5) is 8.39. The predicted molar refractivity (Wildman–Crippen MR) is 119 cm³/mol. The van der Waals surface area contributed by atoms with Crippen molar-refractivity contribution in [2.45, 2.75) is 25.8 Å². The third kappa shape index (κ3) is 4.69.